The standard InChI is InChI=1S/C14H17N3O2/c1-9-4-3-6-17-12(9)11(14(18)19)15-13(17)10-5-7-16(2)8-10/h3-4,6,10H,5,7-8H2,1-2H3,(H,18,19). The number of carboxylic acids is 1. The quantitative estimate of drug-likeness (QED) is 0.892. The summed E-state index contributed by atoms with van der Waals surface area (Å²) in [6.45, 7) is 3.90. The van der Waals surface area contributed by atoms with Crippen LogP contribution in [0.3, 0.4) is 0 Å². The first-order chi connectivity index (χ1) is 9.08. The maximum absolute atomic E-state index is 11.4. The molecule has 1 saturated heterocycles. The Kier molecular flexibility index (Phi) is 2.78. The molecule has 19 heavy (non-hydrogen) atoms. The van der Waals surface area contributed by atoms with Crippen LogP contribution < -0.4 is 0 Å². The molecule has 0 amide bonds. The van der Waals surface area contributed by atoms with Crippen molar-refractivity contribution in [3.8, 4) is 0 Å². The van der Waals surface area contributed by atoms with E-state index in [2.05, 4.69) is 16.9 Å². The fraction of sp³-hybridized carbons (Fsp3) is 0.429. The molecule has 0 aromatic carbocycles. The van der Waals surface area contributed by atoms with Gasteiger partial charge in [0.15, 0.2) is 5.69 Å². The van der Waals surface area contributed by atoms with E-state index in [1.54, 1.807) is 0 Å². The molecule has 0 bridgehead atoms. The molecular formula is C14H17N3O2. The van der Waals surface area contributed by atoms with Crippen molar-refractivity contribution in [2.45, 2.75) is 19.3 Å². The molecule has 5 nitrogen and oxygen atoms in total. The van der Waals surface area contributed by atoms with Crippen LogP contribution in [0.1, 0.15) is 34.2 Å². The van der Waals surface area contributed by atoms with E-state index in [9.17, 15) is 9.90 Å². The predicted octanol–water partition coefficient (Wildman–Crippen LogP) is 1.76. The van der Waals surface area contributed by atoms with E-state index < -0.39 is 5.97 Å². The lowest BCUT2D eigenvalue weighted by molar-refractivity contribution is 0.0693. The number of imidazole rings is 1. The summed E-state index contributed by atoms with van der Waals surface area (Å²) < 4.78 is 1.95. The lowest BCUT2D eigenvalue weighted by Gasteiger charge is -2.09. The van der Waals surface area contributed by atoms with E-state index in [1.165, 1.54) is 0 Å². The van der Waals surface area contributed by atoms with Gasteiger partial charge in [-0.2, -0.15) is 0 Å². The third-order valence-electron chi connectivity index (χ3n) is 3.85. The first-order valence-corrected chi connectivity index (χ1v) is 6.47. The van der Waals surface area contributed by atoms with Gasteiger partial charge < -0.3 is 14.4 Å². The summed E-state index contributed by atoms with van der Waals surface area (Å²) in [5.74, 6) is 0.234. The van der Waals surface area contributed by atoms with Crippen LogP contribution in [0.2, 0.25) is 0 Å². The van der Waals surface area contributed by atoms with Gasteiger partial charge in [-0.15, -0.1) is 0 Å². The summed E-state index contributed by atoms with van der Waals surface area (Å²) in [7, 11) is 2.08. The van der Waals surface area contributed by atoms with E-state index in [1.807, 2.05) is 29.7 Å². The lowest BCUT2D eigenvalue weighted by Crippen LogP contribution is -2.14. The van der Waals surface area contributed by atoms with Gasteiger partial charge in [-0.1, -0.05) is 6.07 Å². The summed E-state index contributed by atoms with van der Waals surface area (Å²) in [4.78, 5) is 18.0. The number of aryl methyl sites for hydroxylation is 1. The summed E-state index contributed by atoms with van der Waals surface area (Å²) >= 11 is 0. The molecule has 5 heteroatoms. The summed E-state index contributed by atoms with van der Waals surface area (Å²) in [5, 5.41) is 9.33. The molecule has 100 valence electrons. The van der Waals surface area contributed by atoms with Crippen LogP contribution in [0.25, 0.3) is 5.52 Å². The van der Waals surface area contributed by atoms with Crippen LogP contribution in [-0.4, -0.2) is 45.5 Å². The number of rotatable bonds is 2. The Morgan fingerprint density at radius 1 is 1.53 bits per heavy atom. The molecule has 0 radical (unpaired) electrons. The van der Waals surface area contributed by atoms with Crippen LogP contribution in [0.4, 0.5) is 0 Å². The number of carboxylic acid groups (broad SMARTS) is 1. The number of pyridine rings is 1. The van der Waals surface area contributed by atoms with Crippen LogP contribution in [0.15, 0.2) is 18.3 Å². The molecule has 2 aromatic rings. The molecule has 1 aliphatic rings. The van der Waals surface area contributed by atoms with E-state index in [-0.39, 0.29) is 5.69 Å². The van der Waals surface area contributed by atoms with Crippen LogP contribution >= 0.6 is 0 Å². The Hall–Kier alpha value is -1.88. The van der Waals surface area contributed by atoms with Gasteiger partial charge in [0.1, 0.15) is 5.82 Å². The molecule has 0 saturated carbocycles. The van der Waals surface area contributed by atoms with Crippen molar-refractivity contribution in [3.05, 3.63) is 35.4 Å². The van der Waals surface area contributed by atoms with Crippen molar-refractivity contribution < 1.29 is 9.90 Å². The average molecular weight is 259 g/mol. The number of aromatic nitrogens is 2. The van der Waals surface area contributed by atoms with Crippen molar-refractivity contribution >= 4 is 11.5 Å². The molecule has 3 rings (SSSR count). The molecule has 1 aliphatic heterocycles. The number of carbonyl (C=O) groups is 1. The number of fused-ring (bicyclic) bond motifs is 1. The van der Waals surface area contributed by atoms with Crippen molar-refractivity contribution in [1.82, 2.24) is 14.3 Å². The van der Waals surface area contributed by atoms with E-state index >= 15 is 0 Å². The van der Waals surface area contributed by atoms with Gasteiger partial charge in [-0.3, -0.25) is 0 Å². The third kappa shape index (κ3) is 1.90. The Balaban J connectivity index is 2.20. The van der Waals surface area contributed by atoms with Gasteiger partial charge in [0, 0.05) is 18.7 Å². The topological polar surface area (TPSA) is 57.8 Å². The Labute approximate surface area is 111 Å². The number of aromatic carboxylic acids is 1. The predicted molar refractivity (Wildman–Crippen MR) is 71.7 cm³/mol. The normalized spacial score (nSPS) is 20.2. The molecular weight excluding hydrogens is 242 g/mol. The first kappa shape index (κ1) is 12.2. The highest BCUT2D eigenvalue weighted by Crippen LogP contribution is 2.28. The van der Waals surface area contributed by atoms with E-state index in [0.29, 0.717) is 5.92 Å². The molecule has 1 N–H and O–H groups in total. The fourth-order valence-corrected chi connectivity index (χ4v) is 2.91. The second-order valence-corrected chi connectivity index (χ2v) is 5.28. The second-order valence-electron chi connectivity index (χ2n) is 5.28. The minimum atomic E-state index is -0.954. The highest BCUT2D eigenvalue weighted by atomic mass is 16.4. The third-order valence-corrected chi connectivity index (χ3v) is 3.85. The van der Waals surface area contributed by atoms with Crippen molar-refractivity contribution in [2.75, 3.05) is 20.1 Å². The maximum atomic E-state index is 11.4. The number of hydrogen-bond donors (Lipinski definition) is 1. The highest BCUT2D eigenvalue weighted by molar-refractivity contribution is 5.94. The number of likely N-dealkylation sites (tertiary alicyclic amines) is 1. The molecule has 1 fully saturated rings. The number of hydrogen-bond acceptors (Lipinski definition) is 3. The zero-order valence-corrected chi connectivity index (χ0v) is 11.1. The van der Waals surface area contributed by atoms with Gasteiger partial charge in [-0.05, 0) is 38.6 Å². The fourth-order valence-electron chi connectivity index (χ4n) is 2.91. The van der Waals surface area contributed by atoms with E-state index in [0.717, 1.165) is 36.4 Å². The molecule has 0 spiro atoms. The Morgan fingerprint density at radius 3 is 2.95 bits per heavy atom. The zero-order chi connectivity index (χ0) is 13.6. The first-order valence-electron chi connectivity index (χ1n) is 6.47. The van der Waals surface area contributed by atoms with Gasteiger partial charge >= 0.3 is 5.97 Å². The van der Waals surface area contributed by atoms with Crippen molar-refractivity contribution in [2.24, 2.45) is 0 Å². The van der Waals surface area contributed by atoms with Crippen molar-refractivity contribution in [1.29, 1.82) is 0 Å². The van der Waals surface area contributed by atoms with Gasteiger partial charge in [0.2, 0.25) is 0 Å². The zero-order valence-electron chi connectivity index (χ0n) is 11.1. The molecule has 3 heterocycles. The summed E-state index contributed by atoms with van der Waals surface area (Å²) in [6, 6.07) is 3.87. The summed E-state index contributed by atoms with van der Waals surface area (Å²) in [5.41, 5.74) is 1.84. The van der Waals surface area contributed by atoms with E-state index in [4.69, 9.17) is 0 Å². The van der Waals surface area contributed by atoms with Crippen LogP contribution in [-0.2, 0) is 0 Å². The molecule has 1 atom stereocenters. The Morgan fingerprint density at radius 2 is 2.32 bits per heavy atom. The second kappa shape index (κ2) is 4.35. The Bertz CT molecular complexity index is 647. The summed E-state index contributed by atoms with van der Waals surface area (Å²) in [6.07, 6.45) is 2.94. The molecule has 1 unspecified atom stereocenters. The minimum Gasteiger partial charge on any atom is -0.476 e. The number of likely N-dealkylation sites (N-methyl/N-ethyl adjacent to an activating group) is 1. The van der Waals surface area contributed by atoms with Crippen molar-refractivity contribution in [3.63, 3.8) is 0 Å². The lowest BCUT2D eigenvalue weighted by atomic mass is 10.1. The monoisotopic (exact) mass is 259 g/mol. The SMILES string of the molecule is Cc1cccn2c(C3CCN(C)C3)nc(C(=O)O)c12. The molecule has 2 aromatic heterocycles. The highest BCUT2D eigenvalue weighted by Gasteiger charge is 2.28. The van der Waals surface area contributed by atoms with Gasteiger partial charge in [0.05, 0.1) is 5.52 Å². The minimum absolute atomic E-state index is 0.169. The largest absolute Gasteiger partial charge is 0.476 e. The number of nitrogens with zero attached hydrogens (tertiary/aromatic N) is 3. The maximum Gasteiger partial charge on any atom is 0.356 e. The molecule has 0 aliphatic carbocycles. The van der Waals surface area contributed by atoms with Gasteiger partial charge in [-0.25, -0.2) is 9.78 Å². The average Bonchev–Trinajstić information content (AvgIpc) is 2.93. The van der Waals surface area contributed by atoms with Gasteiger partial charge in [0.25, 0.3) is 0 Å². The van der Waals surface area contributed by atoms with Crippen LogP contribution in [0.5, 0.6) is 0 Å². The smallest absolute Gasteiger partial charge is 0.356 e. The van der Waals surface area contributed by atoms with Crippen LogP contribution in [0, 0.1) is 6.92 Å².